The zero-order chi connectivity index (χ0) is 14.2. The standard InChI is InChI=1S/C19H27NO/c1-21-18-4-2-3-17(12-18)20-6-5-19-15-8-13-7-14(10-15)11-16(19)9-13/h2-4,12-16,19-20H,5-11H2,1H3. The molecule has 0 spiro atoms. The van der Waals surface area contributed by atoms with Crippen LogP contribution < -0.4 is 10.1 Å². The Morgan fingerprint density at radius 2 is 1.76 bits per heavy atom. The highest BCUT2D eigenvalue weighted by Crippen LogP contribution is 2.57. The van der Waals surface area contributed by atoms with Crippen LogP contribution in [0.25, 0.3) is 0 Å². The van der Waals surface area contributed by atoms with Gasteiger partial charge >= 0.3 is 0 Å². The molecule has 114 valence electrons. The van der Waals surface area contributed by atoms with Crippen molar-refractivity contribution < 1.29 is 4.74 Å². The van der Waals surface area contributed by atoms with Crippen molar-refractivity contribution in [2.75, 3.05) is 19.0 Å². The zero-order valence-corrected chi connectivity index (χ0v) is 13.1. The van der Waals surface area contributed by atoms with Crippen molar-refractivity contribution >= 4 is 5.69 Å². The first-order valence-corrected chi connectivity index (χ1v) is 8.69. The largest absolute Gasteiger partial charge is 0.497 e. The molecule has 1 aromatic carbocycles. The third-order valence-electron chi connectivity index (χ3n) is 6.30. The van der Waals surface area contributed by atoms with Gasteiger partial charge in [0.05, 0.1) is 7.11 Å². The number of nitrogens with one attached hydrogen (secondary N) is 1. The van der Waals surface area contributed by atoms with Crippen LogP contribution in [0.15, 0.2) is 24.3 Å². The normalized spacial score (nSPS) is 36.7. The van der Waals surface area contributed by atoms with Crippen LogP contribution in [0.3, 0.4) is 0 Å². The predicted octanol–water partition coefficient (Wildman–Crippen LogP) is 4.57. The molecule has 0 heterocycles. The lowest BCUT2D eigenvalue weighted by atomic mass is 9.51. The summed E-state index contributed by atoms with van der Waals surface area (Å²) in [6.07, 6.45) is 9.06. The second-order valence-electron chi connectivity index (χ2n) is 7.54. The van der Waals surface area contributed by atoms with Crippen LogP contribution in [0.2, 0.25) is 0 Å². The number of hydrogen-bond acceptors (Lipinski definition) is 2. The summed E-state index contributed by atoms with van der Waals surface area (Å²) in [5.74, 6) is 6.22. The summed E-state index contributed by atoms with van der Waals surface area (Å²) in [5.41, 5.74) is 1.19. The van der Waals surface area contributed by atoms with Crippen LogP contribution in [0.1, 0.15) is 38.5 Å². The number of methoxy groups -OCH3 is 1. The third-order valence-corrected chi connectivity index (χ3v) is 6.30. The van der Waals surface area contributed by atoms with E-state index in [1.165, 1.54) is 37.8 Å². The molecule has 0 radical (unpaired) electrons. The first-order valence-electron chi connectivity index (χ1n) is 8.69. The highest BCUT2D eigenvalue weighted by molar-refractivity contribution is 5.48. The van der Waals surface area contributed by atoms with Crippen LogP contribution in [0.5, 0.6) is 5.75 Å². The van der Waals surface area contributed by atoms with Gasteiger partial charge in [-0.05, 0) is 80.2 Å². The minimum atomic E-state index is 0.939. The number of ether oxygens (including phenoxy) is 1. The van der Waals surface area contributed by atoms with Crippen molar-refractivity contribution in [1.29, 1.82) is 0 Å². The Labute approximate surface area is 128 Å². The highest BCUT2D eigenvalue weighted by atomic mass is 16.5. The molecule has 2 heteroatoms. The molecule has 0 aromatic heterocycles. The molecule has 4 aliphatic rings. The monoisotopic (exact) mass is 285 g/mol. The molecule has 4 fully saturated rings. The van der Waals surface area contributed by atoms with Gasteiger partial charge in [-0.25, -0.2) is 0 Å². The molecule has 0 atom stereocenters. The minimum absolute atomic E-state index is 0.939. The highest BCUT2D eigenvalue weighted by Gasteiger charge is 2.47. The summed E-state index contributed by atoms with van der Waals surface area (Å²) in [6, 6.07) is 8.29. The Hall–Kier alpha value is -1.18. The number of rotatable bonds is 5. The van der Waals surface area contributed by atoms with E-state index in [9.17, 15) is 0 Å². The lowest BCUT2D eigenvalue weighted by Gasteiger charge is -2.54. The summed E-state index contributed by atoms with van der Waals surface area (Å²) in [7, 11) is 1.73. The Kier molecular flexibility index (Phi) is 3.56. The minimum Gasteiger partial charge on any atom is -0.497 e. The van der Waals surface area contributed by atoms with Crippen LogP contribution in [-0.4, -0.2) is 13.7 Å². The van der Waals surface area contributed by atoms with Crippen LogP contribution in [0, 0.1) is 29.6 Å². The van der Waals surface area contributed by atoms with E-state index in [2.05, 4.69) is 23.5 Å². The van der Waals surface area contributed by atoms with E-state index >= 15 is 0 Å². The Morgan fingerprint density at radius 1 is 1.05 bits per heavy atom. The summed E-state index contributed by atoms with van der Waals surface area (Å²) in [5, 5.41) is 3.60. The lowest BCUT2D eigenvalue weighted by Crippen LogP contribution is -2.45. The SMILES string of the molecule is COc1cccc(NCCC2C3CC4CC(C3)CC2C4)c1. The Bertz CT molecular complexity index is 470. The fourth-order valence-electron chi connectivity index (χ4n) is 5.63. The molecule has 4 aliphatic carbocycles. The van der Waals surface area contributed by atoms with Gasteiger partial charge in [0.25, 0.3) is 0 Å². The Balaban J connectivity index is 1.33. The summed E-state index contributed by atoms with van der Waals surface area (Å²) >= 11 is 0. The average molecular weight is 285 g/mol. The molecule has 0 aliphatic heterocycles. The fourth-order valence-corrected chi connectivity index (χ4v) is 5.63. The maximum absolute atomic E-state index is 5.29. The van der Waals surface area contributed by atoms with E-state index in [-0.39, 0.29) is 0 Å². The van der Waals surface area contributed by atoms with E-state index in [0.717, 1.165) is 41.9 Å². The smallest absolute Gasteiger partial charge is 0.120 e. The quantitative estimate of drug-likeness (QED) is 0.855. The van der Waals surface area contributed by atoms with Crippen molar-refractivity contribution in [3.05, 3.63) is 24.3 Å². The molecular weight excluding hydrogens is 258 g/mol. The first kappa shape index (κ1) is 13.5. The van der Waals surface area contributed by atoms with Crippen LogP contribution >= 0.6 is 0 Å². The molecular formula is C19H27NO. The maximum Gasteiger partial charge on any atom is 0.120 e. The summed E-state index contributed by atoms with van der Waals surface area (Å²) in [4.78, 5) is 0. The molecule has 21 heavy (non-hydrogen) atoms. The Morgan fingerprint density at radius 3 is 2.43 bits per heavy atom. The van der Waals surface area contributed by atoms with Gasteiger partial charge in [-0.1, -0.05) is 6.07 Å². The fraction of sp³-hybridized carbons (Fsp3) is 0.684. The van der Waals surface area contributed by atoms with Crippen LogP contribution in [-0.2, 0) is 0 Å². The lowest BCUT2D eigenvalue weighted by molar-refractivity contribution is -0.0381. The zero-order valence-electron chi connectivity index (χ0n) is 13.1. The van der Waals surface area contributed by atoms with E-state index in [0.29, 0.717) is 0 Å². The molecule has 5 rings (SSSR count). The topological polar surface area (TPSA) is 21.3 Å². The molecule has 0 unspecified atom stereocenters. The molecule has 0 amide bonds. The van der Waals surface area contributed by atoms with Gasteiger partial charge in [-0.3, -0.25) is 0 Å². The number of benzene rings is 1. The van der Waals surface area contributed by atoms with Gasteiger partial charge in [0.1, 0.15) is 5.75 Å². The van der Waals surface area contributed by atoms with Crippen molar-refractivity contribution in [2.24, 2.45) is 29.6 Å². The van der Waals surface area contributed by atoms with Gasteiger partial charge < -0.3 is 10.1 Å². The second-order valence-corrected chi connectivity index (χ2v) is 7.54. The number of hydrogen-bond donors (Lipinski definition) is 1. The van der Waals surface area contributed by atoms with E-state index in [4.69, 9.17) is 4.74 Å². The molecule has 2 nitrogen and oxygen atoms in total. The van der Waals surface area contributed by atoms with Crippen molar-refractivity contribution in [1.82, 2.24) is 0 Å². The van der Waals surface area contributed by atoms with Crippen LogP contribution in [0.4, 0.5) is 5.69 Å². The average Bonchev–Trinajstić information content (AvgIpc) is 2.49. The number of anilines is 1. The van der Waals surface area contributed by atoms with E-state index in [1.54, 1.807) is 13.5 Å². The molecule has 1 aromatic rings. The molecule has 4 saturated carbocycles. The second kappa shape index (κ2) is 5.55. The molecule has 4 bridgehead atoms. The van der Waals surface area contributed by atoms with Crippen molar-refractivity contribution in [2.45, 2.75) is 38.5 Å². The van der Waals surface area contributed by atoms with Gasteiger partial charge in [0.15, 0.2) is 0 Å². The van der Waals surface area contributed by atoms with Gasteiger partial charge in [-0.2, -0.15) is 0 Å². The summed E-state index contributed by atoms with van der Waals surface area (Å²) in [6.45, 7) is 1.11. The molecule has 0 saturated heterocycles. The van der Waals surface area contributed by atoms with Crippen molar-refractivity contribution in [3.8, 4) is 5.75 Å². The molecule has 1 N–H and O–H groups in total. The van der Waals surface area contributed by atoms with E-state index < -0.39 is 0 Å². The summed E-state index contributed by atoms with van der Waals surface area (Å²) < 4.78 is 5.29. The maximum atomic E-state index is 5.29. The van der Waals surface area contributed by atoms with Gasteiger partial charge in [-0.15, -0.1) is 0 Å². The van der Waals surface area contributed by atoms with E-state index in [1.807, 2.05) is 6.07 Å². The third kappa shape index (κ3) is 2.65. The first-order chi connectivity index (χ1) is 10.3. The predicted molar refractivity (Wildman–Crippen MR) is 86.6 cm³/mol. The van der Waals surface area contributed by atoms with Gasteiger partial charge in [0.2, 0.25) is 0 Å². The van der Waals surface area contributed by atoms with Crippen molar-refractivity contribution in [3.63, 3.8) is 0 Å². The van der Waals surface area contributed by atoms with Gasteiger partial charge in [0, 0.05) is 18.3 Å².